The van der Waals surface area contributed by atoms with Gasteiger partial charge in [0.25, 0.3) is 0 Å². The van der Waals surface area contributed by atoms with Gasteiger partial charge in [-0.15, -0.1) is 0 Å². The Kier molecular flexibility index (Phi) is 2.90. The van der Waals surface area contributed by atoms with Crippen molar-refractivity contribution in [2.24, 2.45) is 7.05 Å². The summed E-state index contributed by atoms with van der Waals surface area (Å²) in [5.74, 6) is -1.06. The molecule has 0 aliphatic heterocycles. The van der Waals surface area contributed by atoms with E-state index in [0.29, 0.717) is 11.0 Å². The number of hydrogen-bond donors (Lipinski definition) is 2. The number of hydrogen-bond acceptors (Lipinski definition) is 3. The van der Waals surface area contributed by atoms with Crippen LogP contribution in [0.25, 0.3) is 11.0 Å². The lowest BCUT2D eigenvalue weighted by molar-refractivity contribution is 0.0698. The second-order valence-electron chi connectivity index (χ2n) is 4.90. The first-order valence-electron chi connectivity index (χ1n) is 6.41. The average Bonchev–Trinajstić information content (AvgIpc) is 2.93. The fourth-order valence-corrected chi connectivity index (χ4v) is 2.41. The monoisotopic (exact) mass is 286 g/mol. The molecule has 3 aromatic rings. The Morgan fingerprint density at radius 1 is 1.43 bits per heavy atom. The van der Waals surface area contributed by atoms with Crippen LogP contribution in [0.3, 0.4) is 0 Å². The van der Waals surface area contributed by atoms with Crippen molar-refractivity contribution >= 4 is 17.0 Å². The molecule has 2 aromatic heterocycles. The molecule has 3 rings (SSSR count). The van der Waals surface area contributed by atoms with Crippen molar-refractivity contribution in [2.45, 2.75) is 13.5 Å². The lowest BCUT2D eigenvalue weighted by Gasteiger charge is -2.05. The van der Waals surface area contributed by atoms with Crippen LogP contribution in [-0.4, -0.2) is 30.4 Å². The molecule has 0 atom stereocenters. The number of fused-ring (bicyclic) bond motifs is 1. The van der Waals surface area contributed by atoms with Gasteiger partial charge in [0.15, 0.2) is 0 Å². The van der Waals surface area contributed by atoms with Crippen molar-refractivity contribution in [2.75, 3.05) is 0 Å². The minimum atomic E-state index is -1.06. The molecule has 0 unspecified atom stereocenters. The van der Waals surface area contributed by atoms with E-state index in [-0.39, 0.29) is 17.8 Å². The maximum atomic E-state index is 12.1. The molecular weight excluding hydrogens is 272 g/mol. The Morgan fingerprint density at radius 3 is 2.81 bits per heavy atom. The summed E-state index contributed by atoms with van der Waals surface area (Å²) in [6, 6.07) is 4.79. The van der Waals surface area contributed by atoms with Gasteiger partial charge in [-0.2, -0.15) is 5.10 Å². The van der Waals surface area contributed by atoms with Gasteiger partial charge in [-0.25, -0.2) is 9.59 Å². The van der Waals surface area contributed by atoms with Crippen molar-refractivity contribution in [3.8, 4) is 0 Å². The minimum absolute atomic E-state index is 0.104. The molecule has 7 nitrogen and oxygen atoms in total. The van der Waals surface area contributed by atoms with E-state index in [0.717, 1.165) is 11.3 Å². The number of carbonyl (C=O) groups is 1. The van der Waals surface area contributed by atoms with E-state index in [9.17, 15) is 14.7 Å². The third kappa shape index (κ3) is 2.03. The molecule has 0 saturated carbocycles. The standard InChI is InChI=1S/C14H14N4O3/c1-8-9(6-15-17(8)2)7-18-12-10(13(19)20)4-3-5-11(12)16-14(18)21/h3-6H,7H2,1-2H3,(H,16,21)(H,19,20). The van der Waals surface area contributed by atoms with Gasteiger partial charge in [0.1, 0.15) is 0 Å². The summed E-state index contributed by atoms with van der Waals surface area (Å²) in [6.45, 7) is 2.18. The second-order valence-corrected chi connectivity index (χ2v) is 4.90. The van der Waals surface area contributed by atoms with Gasteiger partial charge in [0.05, 0.1) is 29.3 Å². The summed E-state index contributed by atoms with van der Waals surface area (Å²) in [6.07, 6.45) is 1.68. The molecule has 0 radical (unpaired) electrons. The van der Waals surface area contributed by atoms with E-state index in [1.807, 2.05) is 14.0 Å². The summed E-state index contributed by atoms with van der Waals surface area (Å²) in [7, 11) is 1.82. The summed E-state index contributed by atoms with van der Waals surface area (Å²) in [5.41, 5.74) is 2.50. The van der Waals surface area contributed by atoms with Crippen LogP contribution in [0, 0.1) is 6.92 Å². The smallest absolute Gasteiger partial charge is 0.337 e. The lowest BCUT2D eigenvalue weighted by Crippen LogP contribution is -2.18. The lowest BCUT2D eigenvalue weighted by atomic mass is 10.1. The Balaban J connectivity index is 2.22. The Morgan fingerprint density at radius 2 is 2.19 bits per heavy atom. The number of benzene rings is 1. The maximum absolute atomic E-state index is 12.1. The third-order valence-corrected chi connectivity index (χ3v) is 3.69. The number of carboxylic acids is 1. The zero-order valence-corrected chi connectivity index (χ0v) is 11.6. The topological polar surface area (TPSA) is 92.9 Å². The van der Waals surface area contributed by atoms with Gasteiger partial charge >= 0.3 is 11.7 Å². The molecule has 0 spiro atoms. The van der Waals surface area contributed by atoms with Crippen molar-refractivity contribution < 1.29 is 9.90 Å². The highest BCUT2D eigenvalue weighted by molar-refractivity contribution is 6.01. The SMILES string of the molecule is Cc1c(Cn2c(=O)[nH]c3cccc(C(=O)O)c32)cnn1C. The molecule has 0 aliphatic carbocycles. The van der Waals surface area contributed by atoms with Gasteiger partial charge in [-0.3, -0.25) is 9.25 Å². The molecule has 21 heavy (non-hydrogen) atoms. The molecule has 7 heteroatoms. The number of aromatic amines is 1. The van der Waals surface area contributed by atoms with E-state index in [1.54, 1.807) is 23.0 Å². The zero-order chi connectivity index (χ0) is 15.1. The van der Waals surface area contributed by atoms with Gasteiger partial charge in [0.2, 0.25) is 0 Å². The van der Waals surface area contributed by atoms with E-state index < -0.39 is 5.97 Å². The number of aromatic carboxylic acids is 1. The van der Waals surface area contributed by atoms with Crippen LogP contribution in [0.1, 0.15) is 21.6 Å². The van der Waals surface area contributed by atoms with E-state index >= 15 is 0 Å². The first kappa shape index (κ1) is 13.2. The summed E-state index contributed by atoms with van der Waals surface area (Å²) in [5, 5.41) is 13.4. The van der Waals surface area contributed by atoms with E-state index in [2.05, 4.69) is 10.1 Å². The van der Waals surface area contributed by atoms with Crippen LogP contribution in [0.2, 0.25) is 0 Å². The van der Waals surface area contributed by atoms with Crippen LogP contribution in [0.4, 0.5) is 0 Å². The molecule has 0 bridgehead atoms. The van der Waals surface area contributed by atoms with Gasteiger partial charge in [0, 0.05) is 18.3 Å². The fraction of sp³-hybridized carbons (Fsp3) is 0.214. The van der Waals surface area contributed by atoms with Crippen LogP contribution >= 0.6 is 0 Å². The van der Waals surface area contributed by atoms with Crippen molar-refractivity contribution in [3.63, 3.8) is 0 Å². The number of nitrogens with zero attached hydrogens (tertiary/aromatic N) is 3. The quantitative estimate of drug-likeness (QED) is 0.754. The van der Waals surface area contributed by atoms with Gasteiger partial charge in [-0.1, -0.05) is 6.07 Å². The molecular formula is C14H14N4O3. The molecule has 2 N–H and O–H groups in total. The van der Waals surface area contributed by atoms with Crippen LogP contribution in [0.5, 0.6) is 0 Å². The summed E-state index contributed by atoms with van der Waals surface area (Å²) in [4.78, 5) is 26.2. The predicted molar refractivity (Wildman–Crippen MR) is 76.6 cm³/mol. The number of H-pyrrole nitrogens is 1. The van der Waals surface area contributed by atoms with Gasteiger partial charge in [-0.05, 0) is 19.1 Å². The minimum Gasteiger partial charge on any atom is -0.478 e. The number of rotatable bonds is 3. The molecule has 108 valence electrons. The normalized spacial score (nSPS) is 11.1. The molecule has 0 amide bonds. The number of imidazole rings is 1. The van der Waals surface area contributed by atoms with Crippen LogP contribution in [-0.2, 0) is 13.6 Å². The Labute approximate surface area is 119 Å². The zero-order valence-electron chi connectivity index (χ0n) is 11.6. The largest absolute Gasteiger partial charge is 0.478 e. The first-order chi connectivity index (χ1) is 9.99. The molecule has 0 aliphatic rings. The first-order valence-corrected chi connectivity index (χ1v) is 6.41. The molecule has 0 fully saturated rings. The Bertz CT molecular complexity index is 901. The maximum Gasteiger partial charge on any atom is 0.337 e. The number of aromatic nitrogens is 4. The average molecular weight is 286 g/mol. The third-order valence-electron chi connectivity index (χ3n) is 3.69. The number of para-hydroxylation sites is 1. The summed E-state index contributed by atoms with van der Waals surface area (Å²) >= 11 is 0. The number of nitrogens with one attached hydrogen (secondary N) is 1. The van der Waals surface area contributed by atoms with Crippen molar-refractivity contribution in [1.82, 2.24) is 19.3 Å². The highest BCUT2D eigenvalue weighted by Crippen LogP contribution is 2.18. The highest BCUT2D eigenvalue weighted by atomic mass is 16.4. The molecule has 2 heterocycles. The van der Waals surface area contributed by atoms with Crippen LogP contribution < -0.4 is 5.69 Å². The number of aryl methyl sites for hydroxylation is 1. The van der Waals surface area contributed by atoms with Crippen LogP contribution in [0.15, 0.2) is 29.2 Å². The van der Waals surface area contributed by atoms with Gasteiger partial charge < -0.3 is 10.1 Å². The fourth-order valence-electron chi connectivity index (χ4n) is 2.41. The molecule has 0 saturated heterocycles. The van der Waals surface area contributed by atoms with Crippen molar-refractivity contribution in [3.05, 3.63) is 51.7 Å². The van der Waals surface area contributed by atoms with E-state index in [1.165, 1.54) is 10.6 Å². The summed E-state index contributed by atoms with van der Waals surface area (Å²) < 4.78 is 3.15. The van der Waals surface area contributed by atoms with E-state index in [4.69, 9.17) is 0 Å². The highest BCUT2D eigenvalue weighted by Gasteiger charge is 2.16. The van der Waals surface area contributed by atoms with Crippen molar-refractivity contribution in [1.29, 1.82) is 0 Å². The molecule has 1 aromatic carbocycles. The number of carboxylic acid groups (broad SMARTS) is 1. The predicted octanol–water partition coefficient (Wildman–Crippen LogP) is 1.12. The second kappa shape index (κ2) is 4.62. The Hall–Kier alpha value is -2.83.